The fourth-order valence-corrected chi connectivity index (χ4v) is 4.96. The molecule has 0 fully saturated rings. The van der Waals surface area contributed by atoms with E-state index in [0.29, 0.717) is 0 Å². The summed E-state index contributed by atoms with van der Waals surface area (Å²) < 4.78 is 62.7. The molecule has 0 aliphatic carbocycles. The van der Waals surface area contributed by atoms with Crippen LogP contribution in [0.2, 0.25) is 0 Å². The number of nitrogens with zero attached hydrogens (tertiary/aromatic N) is 1. The standard InChI is InChI=1S/C21H14N2O9S2/c24-21-18(22-33(27,28)16-11-9-15(10-12-16)23(25)26)13-14-5-4-8-19(20(14)31-21)32-34(29,30)17-6-2-1-3-7-17/h1-13,22H. The number of sulfonamides is 1. The zero-order chi connectivity index (χ0) is 24.5. The second-order valence-electron chi connectivity index (χ2n) is 6.83. The zero-order valence-electron chi connectivity index (χ0n) is 16.9. The minimum atomic E-state index is -4.28. The van der Waals surface area contributed by atoms with Crippen molar-refractivity contribution in [1.82, 2.24) is 0 Å². The van der Waals surface area contributed by atoms with E-state index in [4.69, 9.17) is 8.60 Å². The third-order valence-electron chi connectivity index (χ3n) is 4.56. The number of benzene rings is 3. The van der Waals surface area contributed by atoms with Crippen LogP contribution in [0, 0.1) is 10.1 Å². The van der Waals surface area contributed by atoms with Crippen LogP contribution < -0.4 is 14.5 Å². The topological polar surface area (TPSA) is 163 Å². The van der Waals surface area contributed by atoms with Gasteiger partial charge in [0.1, 0.15) is 10.6 Å². The Hall–Kier alpha value is -4.23. The average Bonchev–Trinajstić information content (AvgIpc) is 2.80. The summed E-state index contributed by atoms with van der Waals surface area (Å²) in [5, 5.41) is 10.9. The minimum Gasteiger partial charge on any atom is -0.417 e. The van der Waals surface area contributed by atoms with Crippen molar-refractivity contribution in [1.29, 1.82) is 0 Å². The third kappa shape index (κ3) is 4.60. The van der Waals surface area contributed by atoms with Gasteiger partial charge in [0.2, 0.25) is 0 Å². The number of nitro groups is 1. The molecular weight excluding hydrogens is 488 g/mol. The molecule has 0 amide bonds. The maximum absolute atomic E-state index is 12.6. The van der Waals surface area contributed by atoms with Crippen LogP contribution in [0.5, 0.6) is 5.75 Å². The monoisotopic (exact) mass is 502 g/mol. The summed E-state index contributed by atoms with van der Waals surface area (Å²) in [6, 6.07) is 16.7. The molecule has 1 heterocycles. The van der Waals surface area contributed by atoms with Crippen LogP contribution in [0.1, 0.15) is 0 Å². The van der Waals surface area contributed by atoms with Crippen molar-refractivity contribution in [2.24, 2.45) is 0 Å². The van der Waals surface area contributed by atoms with Gasteiger partial charge in [0.15, 0.2) is 11.3 Å². The normalized spacial score (nSPS) is 11.8. The fourth-order valence-electron chi connectivity index (χ4n) is 2.96. The van der Waals surface area contributed by atoms with E-state index in [0.717, 1.165) is 30.3 Å². The molecule has 0 aliphatic heterocycles. The lowest BCUT2D eigenvalue weighted by Gasteiger charge is -2.10. The van der Waals surface area contributed by atoms with E-state index in [9.17, 15) is 31.7 Å². The molecule has 0 unspecified atom stereocenters. The number of para-hydroxylation sites is 1. The van der Waals surface area contributed by atoms with Gasteiger partial charge in [-0.2, -0.15) is 8.42 Å². The van der Waals surface area contributed by atoms with Crippen molar-refractivity contribution in [3.05, 3.63) is 99.4 Å². The average molecular weight is 502 g/mol. The molecule has 1 aromatic heterocycles. The number of anilines is 1. The molecule has 0 bridgehead atoms. The van der Waals surface area contributed by atoms with E-state index >= 15 is 0 Å². The van der Waals surface area contributed by atoms with Gasteiger partial charge < -0.3 is 8.60 Å². The van der Waals surface area contributed by atoms with E-state index in [1.807, 2.05) is 0 Å². The molecular formula is C21H14N2O9S2. The van der Waals surface area contributed by atoms with Gasteiger partial charge in [-0.15, -0.1) is 0 Å². The fraction of sp³-hybridized carbons (Fsp3) is 0. The summed E-state index contributed by atoms with van der Waals surface area (Å²) in [6.45, 7) is 0. The minimum absolute atomic E-state index is 0.109. The van der Waals surface area contributed by atoms with Crippen molar-refractivity contribution in [2.45, 2.75) is 9.79 Å². The molecule has 0 aliphatic rings. The zero-order valence-corrected chi connectivity index (χ0v) is 18.6. The number of nitro benzene ring substituents is 1. The summed E-state index contributed by atoms with van der Waals surface area (Å²) in [5.41, 5.74) is -2.06. The Morgan fingerprint density at radius 2 is 1.53 bits per heavy atom. The van der Waals surface area contributed by atoms with E-state index in [1.165, 1.54) is 42.5 Å². The maximum Gasteiger partial charge on any atom is 0.360 e. The van der Waals surface area contributed by atoms with Crippen LogP contribution in [0.15, 0.2) is 97.9 Å². The van der Waals surface area contributed by atoms with E-state index in [-0.39, 0.29) is 32.2 Å². The van der Waals surface area contributed by atoms with E-state index < -0.39 is 36.4 Å². The second-order valence-corrected chi connectivity index (χ2v) is 10.1. The lowest BCUT2D eigenvalue weighted by Crippen LogP contribution is -2.18. The highest BCUT2D eigenvalue weighted by atomic mass is 32.2. The quantitative estimate of drug-likeness (QED) is 0.173. The predicted octanol–water partition coefficient (Wildman–Crippen LogP) is 3.27. The van der Waals surface area contributed by atoms with Gasteiger partial charge in [-0.25, -0.2) is 13.2 Å². The molecule has 174 valence electrons. The molecule has 4 rings (SSSR count). The molecule has 34 heavy (non-hydrogen) atoms. The highest BCUT2D eigenvalue weighted by Crippen LogP contribution is 2.29. The van der Waals surface area contributed by atoms with E-state index in [2.05, 4.69) is 4.72 Å². The molecule has 0 atom stereocenters. The van der Waals surface area contributed by atoms with Crippen LogP contribution in [0.25, 0.3) is 11.0 Å². The van der Waals surface area contributed by atoms with Crippen molar-refractivity contribution in [2.75, 3.05) is 4.72 Å². The van der Waals surface area contributed by atoms with Crippen molar-refractivity contribution >= 4 is 42.5 Å². The first-order valence-electron chi connectivity index (χ1n) is 9.40. The van der Waals surface area contributed by atoms with Gasteiger partial charge in [-0.05, 0) is 36.4 Å². The highest BCUT2D eigenvalue weighted by molar-refractivity contribution is 7.92. The summed E-state index contributed by atoms with van der Waals surface area (Å²) in [6.07, 6.45) is 0. The third-order valence-corrected chi connectivity index (χ3v) is 7.19. The van der Waals surface area contributed by atoms with Gasteiger partial charge in [-0.3, -0.25) is 14.8 Å². The molecule has 0 radical (unpaired) electrons. The highest BCUT2D eigenvalue weighted by Gasteiger charge is 2.22. The van der Waals surface area contributed by atoms with Crippen LogP contribution in [0.4, 0.5) is 11.4 Å². The molecule has 4 aromatic rings. The first kappa shape index (κ1) is 22.9. The molecule has 13 heteroatoms. The summed E-state index contributed by atoms with van der Waals surface area (Å²) >= 11 is 0. The Morgan fingerprint density at radius 1 is 0.853 bits per heavy atom. The first-order valence-corrected chi connectivity index (χ1v) is 12.3. The van der Waals surface area contributed by atoms with Crippen molar-refractivity contribution in [3.63, 3.8) is 0 Å². The molecule has 11 nitrogen and oxygen atoms in total. The lowest BCUT2D eigenvalue weighted by atomic mass is 10.2. The number of hydrogen-bond acceptors (Lipinski definition) is 9. The Balaban J connectivity index is 1.68. The molecule has 0 saturated heterocycles. The van der Waals surface area contributed by atoms with Crippen LogP contribution in [-0.4, -0.2) is 21.8 Å². The van der Waals surface area contributed by atoms with Crippen molar-refractivity contribution in [3.8, 4) is 5.75 Å². The lowest BCUT2D eigenvalue weighted by molar-refractivity contribution is -0.384. The van der Waals surface area contributed by atoms with Gasteiger partial charge in [0.25, 0.3) is 15.7 Å². The summed E-state index contributed by atoms with van der Waals surface area (Å²) in [4.78, 5) is 22.1. The molecule has 1 N–H and O–H groups in total. The first-order chi connectivity index (χ1) is 16.1. The number of rotatable bonds is 7. The Labute approximate surface area is 192 Å². The Bertz CT molecular complexity index is 1660. The van der Waals surface area contributed by atoms with Gasteiger partial charge in [0.05, 0.1) is 9.82 Å². The Morgan fingerprint density at radius 3 is 2.18 bits per heavy atom. The Kier molecular flexibility index (Phi) is 5.81. The number of hydrogen-bond donors (Lipinski definition) is 1. The van der Waals surface area contributed by atoms with Crippen molar-refractivity contribution < 1.29 is 30.4 Å². The smallest absolute Gasteiger partial charge is 0.360 e. The van der Waals surface area contributed by atoms with E-state index in [1.54, 1.807) is 6.07 Å². The second kappa shape index (κ2) is 8.61. The number of fused-ring (bicyclic) bond motifs is 1. The van der Waals surface area contributed by atoms with Gasteiger partial charge >= 0.3 is 15.7 Å². The maximum atomic E-state index is 12.6. The van der Waals surface area contributed by atoms with Gasteiger partial charge in [0, 0.05) is 17.5 Å². The van der Waals surface area contributed by atoms with Crippen LogP contribution >= 0.6 is 0 Å². The predicted molar refractivity (Wildman–Crippen MR) is 121 cm³/mol. The molecule has 0 spiro atoms. The SMILES string of the molecule is O=c1oc2c(OS(=O)(=O)c3ccccc3)cccc2cc1NS(=O)(=O)c1ccc([N+](=O)[O-])cc1. The summed E-state index contributed by atoms with van der Waals surface area (Å²) in [5.74, 6) is -0.261. The van der Waals surface area contributed by atoms with Crippen LogP contribution in [0.3, 0.4) is 0 Å². The van der Waals surface area contributed by atoms with Crippen LogP contribution in [-0.2, 0) is 20.1 Å². The van der Waals surface area contributed by atoms with Gasteiger partial charge in [-0.1, -0.05) is 30.3 Å². The number of nitrogens with one attached hydrogen (secondary N) is 1. The number of non-ortho nitro benzene ring substituents is 1. The largest absolute Gasteiger partial charge is 0.417 e. The molecule has 0 saturated carbocycles. The summed E-state index contributed by atoms with van der Waals surface area (Å²) in [7, 11) is -8.51. The molecule has 3 aromatic carbocycles.